The predicted molar refractivity (Wildman–Crippen MR) is 120 cm³/mol. The lowest BCUT2D eigenvalue weighted by Gasteiger charge is -2.08. The fourth-order valence-corrected chi connectivity index (χ4v) is 4.58. The summed E-state index contributed by atoms with van der Waals surface area (Å²) in [5.41, 5.74) is 3.18. The maximum atomic E-state index is 12.3. The van der Waals surface area contributed by atoms with Crippen molar-refractivity contribution in [2.75, 3.05) is 11.1 Å². The predicted octanol–water partition coefficient (Wildman–Crippen LogP) is 4.35. The van der Waals surface area contributed by atoms with Crippen LogP contribution in [0.15, 0.2) is 47.6 Å². The fraction of sp³-hybridized carbons (Fsp3) is 0.238. The zero-order valence-electron chi connectivity index (χ0n) is 16.9. The van der Waals surface area contributed by atoms with Gasteiger partial charge in [0.2, 0.25) is 5.91 Å². The quantitative estimate of drug-likeness (QED) is 0.431. The molecule has 0 saturated heterocycles. The molecule has 1 N–H and O–H groups in total. The first-order chi connectivity index (χ1) is 14.5. The van der Waals surface area contributed by atoms with E-state index in [2.05, 4.69) is 26.6 Å². The van der Waals surface area contributed by atoms with Crippen LogP contribution in [0.1, 0.15) is 17.0 Å². The van der Waals surface area contributed by atoms with Gasteiger partial charge in [-0.3, -0.25) is 4.79 Å². The third kappa shape index (κ3) is 4.80. The molecule has 1 amide bonds. The minimum atomic E-state index is -0.130. The number of hydrogen-bond acceptors (Lipinski definition) is 7. The number of rotatable bonds is 7. The number of fused-ring (bicyclic) bond motifs is 1. The van der Waals surface area contributed by atoms with Crippen molar-refractivity contribution in [1.29, 1.82) is 0 Å². The van der Waals surface area contributed by atoms with E-state index in [4.69, 9.17) is 4.74 Å². The average Bonchev–Trinajstić information content (AvgIpc) is 3.26. The van der Waals surface area contributed by atoms with E-state index < -0.39 is 0 Å². The second-order valence-corrected chi connectivity index (χ2v) is 8.87. The maximum absolute atomic E-state index is 12.3. The van der Waals surface area contributed by atoms with Gasteiger partial charge in [0.25, 0.3) is 0 Å². The van der Waals surface area contributed by atoms with Crippen LogP contribution in [0, 0.1) is 13.8 Å². The van der Waals surface area contributed by atoms with E-state index in [0.717, 1.165) is 27.1 Å². The van der Waals surface area contributed by atoms with Crippen molar-refractivity contribution < 1.29 is 9.53 Å². The van der Waals surface area contributed by atoms with Crippen molar-refractivity contribution in [2.24, 2.45) is 7.05 Å². The Bertz CT molecular complexity index is 1150. The van der Waals surface area contributed by atoms with E-state index in [9.17, 15) is 4.79 Å². The van der Waals surface area contributed by atoms with Crippen LogP contribution in [0.3, 0.4) is 0 Å². The second-order valence-electron chi connectivity index (χ2n) is 6.89. The van der Waals surface area contributed by atoms with E-state index in [1.807, 2.05) is 61.9 Å². The molecule has 0 bridgehead atoms. The van der Waals surface area contributed by atoms with Gasteiger partial charge in [-0.15, -0.1) is 10.2 Å². The molecule has 9 heteroatoms. The summed E-state index contributed by atoms with van der Waals surface area (Å²) in [5.74, 6) is 1.60. The van der Waals surface area contributed by atoms with Gasteiger partial charge in [-0.1, -0.05) is 41.3 Å². The molecule has 4 aromatic rings. The summed E-state index contributed by atoms with van der Waals surface area (Å²) in [7, 11) is 1.87. The summed E-state index contributed by atoms with van der Waals surface area (Å²) in [6.07, 6.45) is 0. The van der Waals surface area contributed by atoms with Crippen molar-refractivity contribution in [2.45, 2.75) is 25.6 Å². The van der Waals surface area contributed by atoms with Crippen LogP contribution in [-0.4, -0.2) is 31.4 Å². The van der Waals surface area contributed by atoms with E-state index in [1.54, 1.807) is 0 Å². The van der Waals surface area contributed by atoms with E-state index in [-0.39, 0.29) is 11.7 Å². The Morgan fingerprint density at radius 3 is 2.70 bits per heavy atom. The zero-order valence-corrected chi connectivity index (χ0v) is 18.5. The number of amides is 1. The Hall–Kier alpha value is -2.91. The van der Waals surface area contributed by atoms with Gasteiger partial charge in [0, 0.05) is 7.05 Å². The normalized spacial score (nSPS) is 11.0. The van der Waals surface area contributed by atoms with Crippen molar-refractivity contribution in [1.82, 2.24) is 19.7 Å². The molecule has 0 aliphatic heterocycles. The molecule has 2 heterocycles. The lowest BCUT2D eigenvalue weighted by molar-refractivity contribution is -0.113. The maximum Gasteiger partial charge on any atom is 0.236 e. The van der Waals surface area contributed by atoms with E-state index in [1.165, 1.54) is 23.1 Å². The molecule has 7 nitrogen and oxygen atoms in total. The number of aromatic nitrogens is 4. The van der Waals surface area contributed by atoms with Crippen molar-refractivity contribution in [3.05, 3.63) is 59.4 Å². The average molecular weight is 440 g/mol. The zero-order chi connectivity index (χ0) is 21.1. The van der Waals surface area contributed by atoms with Crippen LogP contribution < -0.4 is 10.1 Å². The lowest BCUT2D eigenvalue weighted by Crippen LogP contribution is -2.14. The number of carbonyl (C=O) groups is 1. The molecular formula is C21H21N5O2S2. The molecule has 0 aliphatic carbocycles. The smallest absolute Gasteiger partial charge is 0.236 e. The van der Waals surface area contributed by atoms with Gasteiger partial charge >= 0.3 is 0 Å². The Morgan fingerprint density at radius 1 is 1.17 bits per heavy atom. The Labute approximate surface area is 182 Å². The highest BCUT2D eigenvalue weighted by atomic mass is 32.2. The van der Waals surface area contributed by atoms with Gasteiger partial charge in [0.05, 0.1) is 16.0 Å². The molecule has 2 aromatic carbocycles. The summed E-state index contributed by atoms with van der Waals surface area (Å²) in [4.78, 5) is 16.7. The van der Waals surface area contributed by atoms with Gasteiger partial charge in [0.15, 0.2) is 16.1 Å². The highest BCUT2D eigenvalue weighted by molar-refractivity contribution is 7.99. The van der Waals surface area contributed by atoms with Crippen LogP contribution in [0.4, 0.5) is 5.13 Å². The molecule has 0 unspecified atom stereocenters. The molecule has 4 rings (SSSR count). The number of carbonyl (C=O) groups excluding carboxylic acids is 1. The molecule has 0 aliphatic rings. The highest BCUT2D eigenvalue weighted by Crippen LogP contribution is 2.26. The number of anilines is 1. The second kappa shape index (κ2) is 8.85. The Kier molecular flexibility index (Phi) is 6.01. The number of ether oxygens (including phenoxy) is 1. The number of para-hydroxylation sites is 1. The lowest BCUT2D eigenvalue weighted by atomic mass is 10.1. The number of nitrogens with zero attached hydrogens (tertiary/aromatic N) is 4. The molecule has 0 spiro atoms. The number of nitrogens with one attached hydrogen (secondary N) is 1. The van der Waals surface area contributed by atoms with Crippen LogP contribution in [0.2, 0.25) is 0 Å². The molecule has 2 aromatic heterocycles. The first-order valence-electron chi connectivity index (χ1n) is 9.35. The van der Waals surface area contributed by atoms with Crippen molar-refractivity contribution >= 4 is 44.4 Å². The summed E-state index contributed by atoms with van der Waals surface area (Å²) in [6, 6.07) is 13.9. The minimum absolute atomic E-state index is 0.130. The first-order valence-corrected chi connectivity index (χ1v) is 11.2. The molecule has 0 atom stereocenters. The number of hydrogen-bond donors (Lipinski definition) is 1. The molecule has 30 heavy (non-hydrogen) atoms. The van der Waals surface area contributed by atoms with Crippen LogP contribution in [-0.2, 0) is 18.4 Å². The topological polar surface area (TPSA) is 81.9 Å². The number of thioether (sulfide) groups is 1. The number of benzene rings is 2. The number of thiazole rings is 1. The minimum Gasteiger partial charge on any atom is -0.486 e. The van der Waals surface area contributed by atoms with Crippen molar-refractivity contribution in [3.63, 3.8) is 0 Å². The molecule has 0 saturated carbocycles. The molecule has 154 valence electrons. The van der Waals surface area contributed by atoms with Gasteiger partial charge in [-0.2, -0.15) is 0 Å². The van der Waals surface area contributed by atoms with Crippen LogP contribution in [0.5, 0.6) is 5.75 Å². The van der Waals surface area contributed by atoms with Gasteiger partial charge in [0.1, 0.15) is 12.4 Å². The Balaban J connectivity index is 1.32. The van der Waals surface area contributed by atoms with E-state index in [0.29, 0.717) is 22.7 Å². The summed E-state index contributed by atoms with van der Waals surface area (Å²) in [5, 5.41) is 12.5. The van der Waals surface area contributed by atoms with E-state index >= 15 is 0 Å². The summed E-state index contributed by atoms with van der Waals surface area (Å²) in [6.45, 7) is 4.39. The summed E-state index contributed by atoms with van der Waals surface area (Å²) >= 11 is 2.79. The summed E-state index contributed by atoms with van der Waals surface area (Å²) < 4.78 is 8.75. The van der Waals surface area contributed by atoms with Crippen LogP contribution >= 0.6 is 23.1 Å². The van der Waals surface area contributed by atoms with Gasteiger partial charge < -0.3 is 14.6 Å². The van der Waals surface area contributed by atoms with Gasteiger partial charge in [-0.05, 0) is 49.2 Å². The Morgan fingerprint density at radius 2 is 1.93 bits per heavy atom. The monoisotopic (exact) mass is 439 g/mol. The van der Waals surface area contributed by atoms with Gasteiger partial charge in [-0.25, -0.2) is 4.98 Å². The largest absolute Gasteiger partial charge is 0.486 e. The number of aryl methyl sites for hydroxylation is 2. The molecular weight excluding hydrogens is 418 g/mol. The standard InChI is InChI=1S/C21H21N5O2S2/c1-13-8-14(2)10-15(9-13)28-11-18-24-25-21(26(18)3)29-12-19(27)23-20-22-16-6-4-5-7-17(16)30-20/h4-10H,11-12H2,1-3H3,(H,22,23,27). The third-order valence-corrected chi connectivity index (χ3v) is 6.33. The highest BCUT2D eigenvalue weighted by Gasteiger charge is 2.13. The molecule has 0 fully saturated rings. The van der Waals surface area contributed by atoms with Crippen molar-refractivity contribution in [3.8, 4) is 5.75 Å². The first kappa shape index (κ1) is 20.4. The fourth-order valence-electron chi connectivity index (χ4n) is 2.97. The SMILES string of the molecule is Cc1cc(C)cc(OCc2nnc(SCC(=O)Nc3nc4ccccc4s3)n2C)c1. The molecule has 0 radical (unpaired) electrons. The van der Waals surface area contributed by atoms with Crippen LogP contribution in [0.25, 0.3) is 10.2 Å². The third-order valence-electron chi connectivity index (χ3n) is 4.36.